The quantitative estimate of drug-likeness (QED) is 0.848. The Morgan fingerprint density at radius 2 is 2.00 bits per heavy atom. The molecule has 0 aromatic carbocycles. The summed E-state index contributed by atoms with van der Waals surface area (Å²) < 4.78 is 15.6. The molecule has 0 aliphatic heterocycles. The molecule has 1 aromatic heterocycles. The maximum absolute atomic E-state index is 12.4. The molecular formula is C16H20N2O5. The Kier molecular flexibility index (Phi) is 2.98. The number of nitrogen functional groups attached to an aromatic ring is 1. The first-order chi connectivity index (χ1) is 10.9. The van der Waals surface area contributed by atoms with E-state index in [1.165, 1.54) is 13.2 Å². The highest BCUT2D eigenvalue weighted by molar-refractivity contribution is 5.88. The van der Waals surface area contributed by atoms with Gasteiger partial charge >= 0.3 is 11.9 Å². The lowest BCUT2D eigenvalue weighted by Gasteiger charge is -2.59. The van der Waals surface area contributed by atoms with Gasteiger partial charge in [-0.15, -0.1) is 0 Å². The Labute approximate surface area is 133 Å². The van der Waals surface area contributed by atoms with Crippen molar-refractivity contribution in [3.63, 3.8) is 0 Å². The van der Waals surface area contributed by atoms with E-state index < -0.39 is 17.0 Å². The van der Waals surface area contributed by atoms with E-state index in [1.54, 1.807) is 0 Å². The molecule has 2 atom stereocenters. The van der Waals surface area contributed by atoms with Gasteiger partial charge in [0.2, 0.25) is 5.88 Å². The van der Waals surface area contributed by atoms with Gasteiger partial charge in [0.05, 0.1) is 12.5 Å². The van der Waals surface area contributed by atoms with Gasteiger partial charge in [-0.25, -0.2) is 4.79 Å². The monoisotopic (exact) mass is 320 g/mol. The minimum Gasteiger partial charge on any atom is -0.469 e. The summed E-state index contributed by atoms with van der Waals surface area (Å²) in [5.41, 5.74) is 4.44. The van der Waals surface area contributed by atoms with E-state index >= 15 is 0 Å². The molecule has 7 heteroatoms. The van der Waals surface area contributed by atoms with Crippen LogP contribution in [0.2, 0.25) is 0 Å². The fourth-order valence-corrected chi connectivity index (χ4v) is 5.39. The van der Waals surface area contributed by atoms with Crippen molar-refractivity contribution in [3.05, 3.63) is 11.8 Å². The molecule has 4 aliphatic rings. The molecule has 2 N–H and O–H groups in total. The van der Waals surface area contributed by atoms with Crippen LogP contribution >= 0.6 is 0 Å². The van der Waals surface area contributed by atoms with Gasteiger partial charge < -0.3 is 19.7 Å². The normalized spacial score (nSPS) is 37.6. The number of esters is 2. The predicted octanol–water partition coefficient (Wildman–Crippen LogP) is 1.93. The summed E-state index contributed by atoms with van der Waals surface area (Å²) in [6.07, 6.45) is 4.94. The molecule has 0 amide bonds. The molecule has 4 saturated carbocycles. The number of rotatable bonds is 3. The van der Waals surface area contributed by atoms with Crippen LogP contribution in [0.1, 0.15) is 49.0 Å². The average Bonchev–Trinajstić information content (AvgIpc) is 2.91. The molecule has 0 spiro atoms. The second-order valence-electron chi connectivity index (χ2n) is 7.42. The van der Waals surface area contributed by atoms with Crippen LogP contribution in [0.15, 0.2) is 10.6 Å². The SMILES string of the molecule is COC(=O)C12CC3CC(CC(OC(=O)c4cc(N)on4)(C3)C1)C2. The summed E-state index contributed by atoms with van der Waals surface area (Å²) in [4.78, 5) is 24.7. The molecule has 1 aromatic rings. The number of hydrogen-bond acceptors (Lipinski definition) is 7. The molecule has 4 fully saturated rings. The molecule has 23 heavy (non-hydrogen) atoms. The largest absolute Gasteiger partial charge is 0.469 e. The molecular weight excluding hydrogens is 300 g/mol. The average molecular weight is 320 g/mol. The van der Waals surface area contributed by atoms with Crippen LogP contribution in [0.25, 0.3) is 0 Å². The highest BCUT2D eigenvalue weighted by Crippen LogP contribution is 2.63. The second kappa shape index (κ2) is 4.72. The van der Waals surface area contributed by atoms with Crippen LogP contribution in [0.4, 0.5) is 5.88 Å². The van der Waals surface area contributed by atoms with Gasteiger partial charge in [0, 0.05) is 12.5 Å². The van der Waals surface area contributed by atoms with Crippen LogP contribution in [0.3, 0.4) is 0 Å². The molecule has 4 bridgehead atoms. The molecule has 4 aliphatic carbocycles. The number of anilines is 1. The van der Waals surface area contributed by atoms with Crippen molar-refractivity contribution in [1.29, 1.82) is 0 Å². The molecule has 0 radical (unpaired) electrons. The molecule has 7 nitrogen and oxygen atoms in total. The Bertz CT molecular complexity index is 653. The highest BCUT2D eigenvalue weighted by Gasteiger charge is 2.63. The maximum atomic E-state index is 12.4. The van der Waals surface area contributed by atoms with Crippen molar-refractivity contribution in [2.45, 2.75) is 44.1 Å². The lowest BCUT2D eigenvalue weighted by atomic mass is 9.48. The van der Waals surface area contributed by atoms with E-state index in [2.05, 4.69) is 5.16 Å². The first-order valence-electron chi connectivity index (χ1n) is 7.98. The zero-order valence-electron chi connectivity index (χ0n) is 13.0. The number of aromatic nitrogens is 1. The zero-order chi connectivity index (χ0) is 16.2. The van der Waals surface area contributed by atoms with Crippen LogP contribution in [-0.4, -0.2) is 29.8 Å². The lowest BCUT2D eigenvalue weighted by Crippen LogP contribution is -2.60. The summed E-state index contributed by atoms with van der Waals surface area (Å²) in [7, 11) is 1.43. The molecule has 2 unspecified atom stereocenters. The number of carbonyl (C=O) groups is 2. The third kappa shape index (κ3) is 2.21. The molecule has 5 rings (SSSR count). The summed E-state index contributed by atoms with van der Waals surface area (Å²) in [5, 5.41) is 3.62. The molecule has 1 heterocycles. The van der Waals surface area contributed by atoms with Gasteiger partial charge in [0.25, 0.3) is 0 Å². The van der Waals surface area contributed by atoms with Crippen molar-refractivity contribution in [2.24, 2.45) is 17.3 Å². The highest BCUT2D eigenvalue weighted by atomic mass is 16.6. The van der Waals surface area contributed by atoms with Gasteiger partial charge in [0.1, 0.15) is 5.60 Å². The van der Waals surface area contributed by atoms with Crippen molar-refractivity contribution in [1.82, 2.24) is 5.16 Å². The van der Waals surface area contributed by atoms with Crippen molar-refractivity contribution in [2.75, 3.05) is 12.8 Å². The summed E-state index contributed by atoms with van der Waals surface area (Å²) in [6, 6.07) is 1.36. The second-order valence-corrected chi connectivity index (χ2v) is 7.42. The molecule has 124 valence electrons. The Morgan fingerprint density at radius 3 is 2.57 bits per heavy atom. The van der Waals surface area contributed by atoms with Gasteiger partial charge in [-0.3, -0.25) is 4.79 Å². The summed E-state index contributed by atoms with van der Waals surface area (Å²) in [5.74, 6) is 0.190. The number of nitrogens with two attached hydrogens (primary N) is 1. The van der Waals surface area contributed by atoms with Gasteiger partial charge in [-0.05, 0) is 43.9 Å². The fraction of sp³-hybridized carbons (Fsp3) is 0.688. The minimum absolute atomic E-state index is 0.0744. The Hall–Kier alpha value is -2.05. The standard InChI is InChI=1S/C16H20N2O5/c1-21-14(20)15-4-9-2-10(5-15)7-16(6-9,8-15)22-13(19)11-3-12(17)23-18-11/h3,9-10H,2,4-8,17H2,1H3. The third-order valence-electron chi connectivity index (χ3n) is 5.67. The third-order valence-corrected chi connectivity index (χ3v) is 5.67. The summed E-state index contributed by atoms with van der Waals surface area (Å²) >= 11 is 0. The number of methoxy groups -OCH3 is 1. The van der Waals surface area contributed by atoms with Crippen LogP contribution < -0.4 is 5.73 Å². The topological polar surface area (TPSA) is 105 Å². The van der Waals surface area contributed by atoms with Crippen molar-refractivity contribution < 1.29 is 23.6 Å². The number of nitrogens with zero attached hydrogens (tertiary/aromatic N) is 1. The maximum Gasteiger partial charge on any atom is 0.361 e. The Morgan fingerprint density at radius 1 is 1.30 bits per heavy atom. The smallest absolute Gasteiger partial charge is 0.361 e. The first-order valence-corrected chi connectivity index (χ1v) is 7.98. The van der Waals surface area contributed by atoms with E-state index in [0.717, 1.165) is 32.1 Å². The first kappa shape index (κ1) is 14.5. The summed E-state index contributed by atoms with van der Waals surface area (Å²) in [6.45, 7) is 0. The van der Waals surface area contributed by atoms with Crippen LogP contribution in [-0.2, 0) is 14.3 Å². The number of hydrogen-bond donors (Lipinski definition) is 1. The van der Waals surface area contributed by atoms with E-state index in [-0.39, 0.29) is 17.5 Å². The van der Waals surface area contributed by atoms with Crippen LogP contribution in [0, 0.1) is 17.3 Å². The lowest BCUT2D eigenvalue weighted by molar-refractivity contribution is -0.194. The number of ether oxygens (including phenoxy) is 2. The van der Waals surface area contributed by atoms with Gasteiger partial charge in [-0.1, -0.05) is 5.16 Å². The van der Waals surface area contributed by atoms with E-state index in [1.807, 2.05) is 0 Å². The van der Waals surface area contributed by atoms with Crippen molar-refractivity contribution in [3.8, 4) is 0 Å². The minimum atomic E-state index is -0.594. The Balaban J connectivity index is 1.60. The van der Waals surface area contributed by atoms with E-state index in [4.69, 9.17) is 19.7 Å². The zero-order valence-corrected chi connectivity index (χ0v) is 13.0. The van der Waals surface area contributed by atoms with E-state index in [9.17, 15) is 9.59 Å². The van der Waals surface area contributed by atoms with Crippen molar-refractivity contribution >= 4 is 17.8 Å². The number of carbonyl (C=O) groups excluding carboxylic acids is 2. The van der Waals surface area contributed by atoms with Gasteiger partial charge in [-0.2, -0.15) is 0 Å². The van der Waals surface area contributed by atoms with Gasteiger partial charge in [0.15, 0.2) is 5.69 Å². The predicted molar refractivity (Wildman–Crippen MR) is 78.2 cm³/mol. The molecule has 0 saturated heterocycles. The van der Waals surface area contributed by atoms with Crippen LogP contribution in [0.5, 0.6) is 0 Å². The van der Waals surface area contributed by atoms with E-state index in [0.29, 0.717) is 18.3 Å². The fourth-order valence-electron chi connectivity index (χ4n) is 5.39.